The molecule has 25 heavy (non-hydrogen) atoms. The Bertz CT molecular complexity index is 692. The van der Waals surface area contributed by atoms with Crippen molar-refractivity contribution in [3.8, 4) is 0 Å². The Labute approximate surface area is 148 Å². The molecule has 134 valence electrons. The molecular weight excluding hydrogens is 318 g/mol. The molecule has 1 saturated heterocycles. The van der Waals surface area contributed by atoms with Gasteiger partial charge in [0.05, 0.1) is 0 Å². The molecule has 0 radical (unpaired) electrons. The van der Waals surface area contributed by atoms with Crippen LogP contribution in [0.5, 0.6) is 0 Å². The Morgan fingerprint density at radius 3 is 2.32 bits per heavy atom. The molecule has 0 aliphatic carbocycles. The third-order valence-electron chi connectivity index (χ3n) is 5.35. The van der Waals surface area contributed by atoms with Crippen LogP contribution in [-0.4, -0.2) is 24.5 Å². The summed E-state index contributed by atoms with van der Waals surface area (Å²) in [5.41, 5.74) is 9.40. The molecule has 0 amide bonds. The maximum atomic E-state index is 13.6. The monoisotopic (exact) mass is 344 g/mol. The normalized spacial score (nSPS) is 17.6. The molecule has 1 aliphatic heterocycles. The molecule has 4 heteroatoms. The molecule has 0 aromatic heterocycles. The Hall–Kier alpha value is -1.78. The zero-order chi connectivity index (χ0) is 17.8. The second-order valence-electron chi connectivity index (χ2n) is 7.11. The fourth-order valence-corrected chi connectivity index (χ4v) is 3.81. The van der Waals surface area contributed by atoms with Gasteiger partial charge in [0.2, 0.25) is 0 Å². The highest BCUT2D eigenvalue weighted by molar-refractivity contribution is 5.24. The zero-order valence-electron chi connectivity index (χ0n) is 14.7. The molecule has 1 heterocycles. The second-order valence-corrected chi connectivity index (χ2v) is 7.11. The molecule has 2 aromatic carbocycles. The van der Waals surface area contributed by atoms with Crippen LogP contribution in [0.4, 0.5) is 8.78 Å². The third-order valence-corrected chi connectivity index (χ3v) is 5.35. The molecule has 0 spiro atoms. The molecule has 1 atom stereocenters. The average Bonchev–Trinajstić information content (AvgIpc) is 2.62. The summed E-state index contributed by atoms with van der Waals surface area (Å²) in [5.74, 6) is -1.07. The molecule has 1 fully saturated rings. The van der Waals surface area contributed by atoms with Gasteiger partial charge in [-0.2, -0.15) is 0 Å². The van der Waals surface area contributed by atoms with E-state index in [2.05, 4.69) is 36.1 Å². The maximum absolute atomic E-state index is 13.6. The van der Waals surface area contributed by atoms with Crippen molar-refractivity contribution in [1.82, 2.24) is 4.90 Å². The van der Waals surface area contributed by atoms with Crippen molar-refractivity contribution < 1.29 is 8.78 Å². The van der Waals surface area contributed by atoms with Crippen molar-refractivity contribution in [3.05, 3.63) is 70.8 Å². The number of likely N-dealkylation sites (tertiary alicyclic amines) is 1. The predicted molar refractivity (Wildman–Crippen MR) is 97.3 cm³/mol. The van der Waals surface area contributed by atoms with E-state index in [1.165, 1.54) is 23.3 Å². The van der Waals surface area contributed by atoms with E-state index in [0.717, 1.165) is 38.0 Å². The maximum Gasteiger partial charge on any atom is 0.159 e. The first-order valence-corrected chi connectivity index (χ1v) is 8.99. The largest absolute Gasteiger partial charge is 0.330 e. The van der Waals surface area contributed by atoms with Crippen molar-refractivity contribution in [2.75, 3.05) is 19.6 Å². The number of halogens is 2. The number of nitrogens with zero attached hydrogens (tertiary/aromatic N) is 1. The number of benzene rings is 2. The van der Waals surface area contributed by atoms with Gasteiger partial charge in [-0.3, -0.25) is 4.90 Å². The van der Waals surface area contributed by atoms with Crippen molar-refractivity contribution in [2.45, 2.75) is 32.2 Å². The van der Waals surface area contributed by atoms with E-state index < -0.39 is 11.6 Å². The van der Waals surface area contributed by atoms with Gasteiger partial charge in [-0.25, -0.2) is 8.78 Å². The van der Waals surface area contributed by atoms with Gasteiger partial charge in [-0.05, 0) is 74.5 Å². The van der Waals surface area contributed by atoms with Crippen molar-refractivity contribution in [1.29, 1.82) is 0 Å². The molecule has 1 unspecified atom stereocenters. The van der Waals surface area contributed by atoms with E-state index in [1.54, 1.807) is 6.07 Å². The first-order valence-electron chi connectivity index (χ1n) is 8.99. The lowest BCUT2D eigenvalue weighted by molar-refractivity contribution is 0.162. The topological polar surface area (TPSA) is 29.3 Å². The van der Waals surface area contributed by atoms with E-state index in [0.29, 0.717) is 12.5 Å². The van der Waals surface area contributed by atoms with Crippen LogP contribution in [0.3, 0.4) is 0 Å². The van der Waals surface area contributed by atoms with Crippen LogP contribution in [0.1, 0.15) is 35.4 Å². The van der Waals surface area contributed by atoms with Crippen LogP contribution in [-0.2, 0) is 6.54 Å². The molecule has 1 aliphatic rings. The number of hydrogen-bond acceptors (Lipinski definition) is 2. The SMILES string of the molecule is Cc1ccc(CN2CCC(C(CN)c3ccc(F)c(F)c3)CC2)cc1. The predicted octanol–water partition coefficient (Wildman–Crippen LogP) is 4.23. The highest BCUT2D eigenvalue weighted by Gasteiger charge is 2.27. The van der Waals surface area contributed by atoms with Crippen LogP contribution < -0.4 is 5.73 Å². The zero-order valence-corrected chi connectivity index (χ0v) is 14.7. The first kappa shape index (κ1) is 18.0. The van der Waals surface area contributed by atoms with E-state index in [4.69, 9.17) is 5.73 Å². The Morgan fingerprint density at radius 2 is 1.72 bits per heavy atom. The third kappa shape index (κ3) is 4.44. The number of aryl methyl sites for hydroxylation is 1. The summed E-state index contributed by atoms with van der Waals surface area (Å²) in [4.78, 5) is 2.46. The molecule has 0 saturated carbocycles. The van der Waals surface area contributed by atoms with Gasteiger partial charge >= 0.3 is 0 Å². The van der Waals surface area contributed by atoms with Gasteiger partial charge in [-0.1, -0.05) is 35.9 Å². The average molecular weight is 344 g/mol. The summed E-state index contributed by atoms with van der Waals surface area (Å²) in [5, 5.41) is 0. The lowest BCUT2D eigenvalue weighted by Gasteiger charge is -2.36. The minimum Gasteiger partial charge on any atom is -0.330 e. The number of piperidine rings is 1. The summed E-state index contributed by atoms with van der Waals surface area (Å²) in [6.45, 7) is 5.55. The minimum absolute atomic E-state index is 0.0941. The van der Waals surface area contributed by atoms with Crippen molar-refractivity contribution in [3.63, 3.8) is 0 Å². The Morgan fingerprint density at radius 1 is 1.04 bits per heavy atom. The molecular formula is C21H26F2N2. The van der Waals surface area contributed by atoms with Crippen LogP contribution in [0.15, 0.2) is 42.5 Å². The van der Waals surface area contributed by atoms with Gasteiger partial charge in [0.1, 0.15) is 0 Å². The van der Waals surface area contributed by atoms with E-state index in [9.17, 15) is 8.78 Å². The summed E-state index contributed by atoms with van der Waals surface area (Å²) in [6.07, 6.45) is 2.07. The van der Waals surface area contributed by atoms with Gasteiger partial charge < -0.3 is 5.73 Å². The molecule has 2 nitrogen and oxygen atoms in total. The summed E-state index contributed by atoms with van der Waals surface area (Å²) >= 11 is 0. The van der Waals surface area contributed by atoms with Crippen LogP contribution in [0.25, 0.3) is 0 Å². The Balaban J connectivity index is 1.60. The van der Waals surface area contributed by atoms with Crippen LogP contribution >= 0.6 is 0 Å². The highest BCUT2D eigenvalue weighted by atomic mass is 19.2. The van der Waals surface area contributed by atoms with E-state index in [1.807, 2.05) is 0 Å². The number of hydrogen-bond donors (Lipinski definition) is 1. The van der Waals surface area contributed by atoms with Crippen molar-refractivity contribution >= 4 is 0 Å². The van der Waals surface area contributed by atoms with Crippen molar-refractivity contribution in [2.24, 2.45) is 11.7 Å². The standard InChI is InChI=1S/C21H26F2N2/c1-15-2-4-16(5-3-15)14-25-10-8-17(9-11-25)19(13-24)18-6-7-20(22)21(23)12-18/h2-7,12,17,19H,8-11,13-14,24H2,1H3. The lowest BCUT2D eigenvalue weighted by atomic mass is 9.80. The molecule has 0 bridgehead atoms. The summed E-state index contributed by atoms with van der Waals surface area (Å²) in [7, 11) is 0. The highest BCUT2D eigenvalue weighted by Crippen LogP contribution is 2.33. The van der Waals surface area contributed by atoms with Gasteiger partial charge in [0.15, 0.2) is 11.6 Å². The van der Waals surface area contributed by atoms with Gasteiger partial charge in [-0.15, -0.1) is 0 Å². The Kier molecular flexibility index (Phi) is 5.82. The van der Waals surface area contributed by atoms with Gasteiger partial charge in [0.25, 0.3) is 0 Å². The van der Waals surface area contributed by atoms with Crippen LogP contribution in [0.2, 0.25) is 0 Å². The smallest absolute Gasteiger partial charge is 0.159 e. The molecule has 3 rings (SSSR count). The second kappa shape index (κ2) is 8.07. The minimum atomic E-state index is -0.799. The lowest BCUT2D eigenvalue weighted by Crippen LogP contribution is -2.36. The summed E-state index contributed by atoms with van der Waals surface area (Å²) in [6, 6.07) is 12.9. The number of nitrogens with two attached hydrogens (primary N) is 1. The fraction of sp³-hybridized carbons (Fsp3) is 0.429. The van der Waals surface area contributed by atoms with E-state index in [-0.39, 0.29) is 5.92 Å². The fourth-order valence-electron chi connectivity index (χ4n) is 3.81. The molecule has 2 aromatic rings. The first-order chi connectivity index (χ1) is 12.1. The quantitative estimate of drug-likeness (QED) is 0.879. The van der Waals surface area contributed by atoms with Gasteiger partial charge in [0, 0.05) is 6.54 Å². The molecule has 2 N–H and O–H groups in total. The van der Waals surface area contributed by atoms with Crippen LogP contribution in [0, 0.1) is 24.5 Å². The number of rotatable bonds is 5. The summed E-state index contributed by atoms with van der Waals surface area (Å²) < 4.78 is 26.7. The van der Waals surface area contributed by atoms with E-state index >= 15 is 0 Å².